The van der Waals surface area contributed by atoms with Gasteiger partial charge in [0, 0.05) is 11.0 Å². The quantitative estimate of drug-likeness (QED) is 0.746. The average Bonchev–Trinajstić information content (AvgIpc) is 2.43. The monoisotopic (exact) mass is 369 g/mol. The van der Waals surface area contributed by atoms with Crippen LogP contribution in [0.25, 0.3) is 0 Å². The van der Waals surface area contributed by atoms with Crippen molar-refractivity contribution in [1.29, 1.82) is 0 Å². The van der Waals surface area contributed by atoms with Gasteiger partial charge in [0.05, 0.1) is 15.6 Å². The second-order valence-corrected chi connectivity index (χ2v) is 6.24. The highest BCUT2D eigenvalue weighted by Gasteiger charge is 2.36. The maximum Gasteiger partial charge on any atom is 0.416 e. The molecular weight excluding hydrogens is 358 g/mol. The maximum absolute atomic E-state index is 13.3. The molecule has 1 aliphatic rings. The predicted octanol–water partition coefficient (Wildman–Crippen LogP) is 5.51. The molecule has 120 valence electrons. The molecule has 1 unspecified atom stereocenters. The lowest BCUT2D eigenvalue weighted by molar-refractivity contribution is -0.138. The summed E-state index contributed by atoms with van der Waals surface area (Å²) >= 11 is 17.8. The normalized spacial score (nSPS) is 19.4. The third-order valence-electron chi connectivity index (χ3n) is 3.45. The Labute approximate surface area is 141 Å². The van der Waals surface area contributed by atoms with Gasteiger partial charge in [-0.25, -0.2) is 0 Å². The molecule has 0 spiro atoms. The number of alkyl halides is 3. The van der Waals surface area contributed by atoms with Crippen molar-refractivity contribution in [1.82, 2.24) is 0 Å². The summed E-state index contributed by atoms with van der Waals surface area (Å²) < 4.78 is 40.0. The Bertz CT molecular complexity index is 635. The molecule has 1 aromatic carbocycles. The number of nitrogens with two attached hydrogens (primary N) is 1. The van der Waals surface area contributed by atoms with Crippen molar-refractivity contribution in [2.24, 2.45) is 5.73 Å². The van der Waals surface area contributed by atoms with Crippen LogP contribution in [0.15, 0.2) is 39.4 Å². The molecule has 1 aliphatic carbocycles. The number of allylic oxidation sites excluding steroid dienone is 4. The van der Waals surface area contributed by atoms with Gasteiger partial charge in [0.15, 0.2) is 0 Å². The van der Waals surface area contributed by atoms with Crippen LogP contribution in [0.4, 0.5) is 13.2 Å². The van der Waals surface area contributed by atoms with Gasteiger partial charge in [-0.2, -0.15) is 13.2 Å². The van der Waals surface area contributed by atoms with Crippen molar-refractivity contribution in [3.63, 3.8) is 0 Å². The van der Waals surface area contributed by atoms with E-state index in [-0.39, 0.29) is 33.6 Å². The molecule has 0 saturated carbocycles. The highest BCUT2D eigenvalue weighted by molar-refractivity contribution is 6.48. The van der Waals surface area contributed by atoms with Crippen molar-refractivity contribution in [3.05, 3.63) is 56.1 Å². The largest absolute Gasteiger partial charge is 0.416 e. The lowest BCUT2D eigenvalue weighted by Gasteiger charge is -2.23. The molecule has 0 fully saturated rings. The van der Waals surface area contributed by atoms with Gasteiger partial charge < -0.3 is 5.73 Å². The molecule has 0 heterocycles. The van der Waals surface area contributed by atoms with E-state index in [1.54, 1.807) is 6.07 Å². The Morgan fingerprint density at radius 2 is 1.86 bits per heavy atom. The molecule has 0 radical (unpaired) electrons. The summed E-state index contributed by atoms with van der Waals surface area (Å²) in [6.07, 6.45) is -2.38. The third-order valence-corrected chi connectivity index (χ3v) is 4.73. The minimum atomic E-state index is -4.46. The van der Waals surface area contributed by atoms with Crippen molar-refractivity contribution >= 4 is 34.8 Å². The Balaban J connectivity index is 2.48. The molecule has 7 heteroatoms. The Hall–Kier alpha value is -0.680. The summed E-state index contributed by atoms with van der Waals surface area (Å²) in [4.78, 5) is 0. The van der Waals surface area contributed by atoms with Crippen LogP contribution in [0.1, 0.15) is 29.0 Å². The Kier molecular flexibility index (Phi) is 5.49. The van der Waals surface area contributed by atoms with Gasteiger partial charge in [0.2, 0.25) is 0 Å². The van der Waals surface area contributed by atoms with Gasteiger partial charge in [-0.3, -0.25) is 0 Å². The fourth-order valence-corrected chi connectivity index (χ4v) is 3.14. The maximum atomic E-state index is 13.3. The summed E-state index contributed by atoms with van der Waals surface area (Å²) in [7, 11) is 0. The van der Waals surface area contributed by atoms with Crippen LogP contribution in [-0.2, 0) is 12.6 Å². The Morgan fingerprint density at radius 1 is 1.18 bits per heavy atom. The van der Waals surface area contributed by atoms with E-state index in [4.69, 9.17) is 40.5 Å². The molecular formula is C15H13Cl3F3N. The van der Waals surface area contributed by atoms with Gasteiger partial charge >= 0.3 is 6.18 Å². The van der Waals surface area contributed by atoms with E-state index in [0.717, 1.165) is 6.07 Å². The lowest BCUT2D eigenvalue weighted by atomic mass is 9.87. The Morgan fingerprint density at radius 3 is 2.41 bits per heavy atom. The minimum Gasteiger partial charge on any atom is -0.330 e. The van der Waals surface area contributed by atoms with Gasteiger partial charge in [-0.15, -0.1) is 0 Å². The van der Waals surface area contributed by atoms with Crippen LogP contribution < -0.4 is 5.73 Å². The first-order valence-electron chi connectivity index (χ1n) is 6.56. The van der Waals surface area contributed by atoms with Gasteiger partial charge in [-0.1, -0.05) is 53.0 Å². The standard InChI is InChI=1S/C15H13Cl3F3N/c16-12-6-9(7-13(17)14(12)18)10-2-1-8(3-4-22)5-11(10)15(19,20)21/h1-2,5-6,9H,3-4,7,22H2. The molecule has 22 heavy (non-hydrogen) atoms. The first-order chi connectivity index (χ1) is 10.2. The zero-order chi connectivity index (χ0) is 16.5. The van der Waals surface area contributed by atoms with Crippen LogP contribution in [0, 0.1) is 0 Å². The molecule has 0 aliphatic heterocycles. The molecule has 1 nitrogen and oxygen atoms in total. The van der Waals surface area contributed by atoms with Gasteiger partial charge in [-0.05, 0) is 36.6 Å². The van der Waals surface area contributed by atoms with E-state index in [0.29, 0.717) is 12.0 Å². The van der Waals surface area contributed by atoms with Crippen molar-refractivity contribution in [3.8, 4) is 0 Å². The van der Waals surface area contributed by atoms with Crippen LogP contribution >= 0.6 is 34.8 Å². The van der Waals surface area contributed by atoms with Gasteiger partial charge in [0.1, 0.15) is 0 Å². The van der Waals surface area contributed by atoms with E-state index >= 15 is 0 Å². The first-order valence-corrected chi connectivity index (χ1v) is 7.69. The zero-order valence-corrected chi connectivity index (χ0v) is 13.6. The SMILES string of the molecule is NCCc1ccc(C2C=C(Cl)C(Cl)=C(Cl)C2)c(C(F)(F)F)c1. The van der Waals surface area contributed by atoms with Crippen molar-refractivity contribution in [2.45, 2.75) is 24.9 Å². The summed E-state index contributed by atoms with van der Waals surface area (Å²) in [5.41, 5.74) is 5.40. The molecule has 1 aromatic rings. The van der Waals surface area contributed by atoms with Crippen LogP contribution in [0.2, 0.25) is 0 Å². The fraction of sp³-hybridized carbons (Fsp3) is 0.333. The minimum absolute atomic E-state index is 0.133. The van der Waals surface area contributed by atoms with Crippen LogP contribution in [0.5, 0.6) is 0 Å². The van der Waals surface area contributed by atoms with Crippen molar-refractivity contribution in [2.75, 3.05) is 6.54 Å². The summed E-state index contributed by atoms with van der Waals surface area (Å²) in [6, 6.07) is 4.24. The smallest absolute Gasteiger partial charge is 0.330 e. The molecule has 1 atom stereocenters. The average molecular weight is 371 g/mol. The highest BCUT2D eigenvalue weighted by atomic mass is 35.5. The number of rotatable bonds is 3. The molecule has 0 aromatic heterocycles. The van der Waals surface area contributed by atoms with E-state index in [2.05, 4.69) is 0 Å². The zero-order valence-electron chi connectivity index (χ0n) is 11.4. The van der Waals surface area contributed by atoms with E-state index in [9.17, 15) is 13.2 Å². The van der Waals surface area contributed by atoms with E-state index < -0.39 is 17.7 Å². The summed E-state index contributed by atoms with van der Waals surface area (Å²) in [6.45, 7) is 0.288. The van der Waals surface area contributed by atoms with Crippen LogP contribution in [-0.4, -0.2) is 6.54 Å². The number of hydrogen-bond acceptors (Lipinski definition) is 1. The number of hydrogen-bond donors (Lipinski definition) is 1. The predicted molar refractivity (Wildman–Crippen MR) is 84.2 cm³/mol. The van der Waals surface area contributed by atoms with E-state index in [1.165, 1.54) is 12.1 Å². The topological polar surface area (TPSA) is 26.0 Å². The molecule has 0 saturated heterocycles. The highest BCUT2D eigenvalue weighted by Crippen LogP contribution is 2.44. The van der Waals surface area contributed by atoms with Gasteiger partial charge in [0.25, 0.3) is 0 Å². The summed E-state index contributed by atoms with van der Waals surface area (Å²) in [5, 5.41) is 0.619. The second kappa shape index (κ2) is 6.83. The fourth-order valence-electron chi connectivity index (χ4n) is 2.42. The number of halogens is 6. The number of benzene rings is 1. The van der Waals surface area contributed by atoms with E-state index in [1.807, 2.05) is 0 Å². The summed E-state index contributed by atoms with van der Waals surface area (Å²) in [5.74, 6) is -0.564. The molecule has 0 amide bonds. The van der Waals surface area contributed by atoms with Crippen LogP contribution in [0.3, 0.4) is 0 Å². The third kappa shape index (κ3) is 3.80. The first kappa shape index (κ1) is 17.7. The lowest BCUT2D eigenvalue weighted by Crippen LogP contribution is -2.14. The second-order valence-electron chi connectivity index (χ2n) is 5.00. The molecule has 2 N–H and O–H groups in total. The van der Waals surface area contributed by atoms with Crippen molar-refractivity contribution < 1.29 is 13.2 Å². The molecule has 0 bridgehead atoms. The molecule has 2 rings (SSSR count).